The van der Waals surface area contributed by atoms with E-state index in [1.807, 2.05) is 7.05 Å². The lowest BCUT2D eigenvalue weighted by Gasteiger charge is -2.40. The molecule has 3 rings (SSSR count). The summed E-state index contributed by atoms with van der Waals surface area (Å²) in [5.41, 5.74) is 0.588. The van der Waals surface area contributed by atoms with Crippen LogP contribution in [0.25, 0.3) is 0 Å². The lowest BCUT2D eigenvalue weighted by atomic mass is 10.0. The van der Waals surface area contributed by atoms with Crippen LogP contribution in [-0.4, -0.2) is 80.6 Å². The number of aliphatic imine (C=N–C) groups is 1. The third-order valence-corrected chi connectivity index (χ3v) is 6.01. The molecule has 0 aliphatic carbocycles. The summed E-state index contributed by atoms with van der Waals surface area (Å²) >= 11 is 0. The predicted octanol–water partition coefficient (Wildman–Crippen LogP) is 3.18. The summed E-state index contributed by atoms with van der Waals surface area (Å²) in [6.07, 6.45) is 2.03. The van der Waals surface area contributed by atoms with Crippen LogP contribution in [0, 0.1) is 17.6 Å². The molecule has 2 unspecified atom stereocenters. The molecular formula is C21H34F2IN5. The maximum atomic E-state index is 14.3. The summed E-state index contributed by atoms with van der Waals surface area (Å²) in [5, 5.41) is 3.54. The first-order chi connectivity index (χ1) is 13.5. The fourth-order valence-corrected chi connectivity index (χ4v) is 4.45. The van der Waals surface area contributed by atoms with E-state index >= 15 is 0 Å². The lowest BCUT2D eigenvalue weighted by Crippen LogP contribution is -2.53. The van der Waals surface area contributed by atoms with Crippen molar-refractivity contribution in [3.8, 4) is 0 Å². The molecule has 0 amide bonds. The van der Waals surface area contributed by atoms with Crippen molar-refractivity contribution in [3.63, 3.8) is 0 Å². The Morgan fingerprint density at radius 2 is 1.93 bits per heavy atom. The van der Waals surface area contributed by atoms with Gasteiger partial charge >= 0.3 is 0 Å². The summed E-state index contributed by atoms with van der Waals surface area (Å²) in [6, 6.07) is 3.90. The van der Waals surface area contributed by atoms with E-state index < -0.39 is 11.6 Å². The molecule has 0 aromatic heterocycles. The van der Waals surface area contributed by atoms with Crippen LogP contribution in [0.15, 0.2) is 23.2 Å². The zero-order chi connectivity index (χ0) is 20.1. The number of halogens is 3. The number of nitrogens with one attached hydrogen (secondary N) is 1. The number of rotatable bonds is 5. The fraction of sp³-hybridized carbons (Fsp3) is 0.667. The molecule has 0 saturated carbocycles. The molecule has 2 aliphatic heterocycles. The minimum atomic E-state index is -0.524. The van der Waals surface area contributed by atoms with Crippen molar-refractivity contribution >= 4 is 29.9 Å². The topological polar surface area (TPSA) is 34.1 Å². The van der Waals surface area contributed by atoms with E-state index in [0.717, 1.165) is 57.7 Å². The Labute approximate surface area is 190 Å². The molecule has 0 radical (unpaired) electrons. The van der Waals surface area contributed by atoms with Gasteiger partial charge in [0.2, 0.25) is 0 Å². The molecule has 8 heteroatoms. The molecule has 2 aliphatic rings. The first-order valence-electron chi connectivity index (χ1n) is 10.3. The number of guanidine groups is 1. The summed E-state index contributed by atoms with van der Waals surface area (Å²) in [5.74, 6) is 0.654. The number of nitrogens with zero attached hydrogens (tertiary/aromatic N) is 4. The van der Waals surface area contributed by atoms with Crippen LogP contribution >= 0.6 is 24.0 Å². The Morgan fingerprint density at radius 1 is 1.21 bits per heavy atom. The minimum absolute atomic E-state index is 0. The zero-order valence-corrected chi connectivity index (χ0v) is 20.0. The second-order valence-corrected chi connectivity index (χ2v) is 7.96. The van der Waals surface area contributed by atoms with Crippen LogP contribution in [0.5, 0.6) is 0 Å². The van der Waals surface area contributed by atoms with E-state index in [1.165, 1.54) is 19.0 Å². The molecule has 1 aromatic rings. The summed E-state index contributed by atoms with van der Waals surface area (Å²) in [4.78, 5) is 11.4. The number of hydrogen-bond donors (Lipinski definition) is 1. The van der Waals surface area contributed by atoms with E-state index in [1.54, 1.807) is 6.07 Å². The van der Waals surface area contributed by atoms with Gasteiger partial charge in [0.1, 0.15) is 11.6 Å². The van der Waals surface area contributed by atoms with Crippen molar-refractivity contribution in [2.75, 3.05) is 59.9 Å². The Balaban J connectivity index is 0.00000300. The highest BCUT2D eigenvalue weighted by Gasteiger charge is 2.27. The molecule has 0 spiro atoms. The van der Waals surface area contributed by atoms with E-state index in [-0.39, 0.29) is 30.0 Å². The summed E-state index contributed by atoms with van der Waals surface area (Å²) < 4.78 is 27.5. The highest BCUT2D eigenvalue weighted by Crippen LogP contribution is 2.28. The van der Waals surface area contributed by atoms with E-state index in [9.17, 15) is 8.78 Å². The average molecular weight is 521 g/mol. The van der Waals surface area contributed by atoms with Gasteiger partial charge in [-0.1, -0.05) is 13.0 Å². The maximum Gasteiger partial charge on any atom is 0.193 e. The van der Waals surface area contributed by atoms with Crippen molar-refractivity contribution in [2.45, 2.75) is 25.8 Å². The monoisotopic (exact) mass is 521 g/mol. The molecule has 29 heavy (non-hydrogen) atoms. The summed E-state index contributed by atoms with van der Waals surface area (Å²) in [7, 11) is 4.00. The van der Waals surface area contributed by atoms with Gasteiger partial charge in [-0.3, -0.25) is 9.89 Å². The van der Waals surface area contributed by atoms with Gasteiger partial charge in [0.15, 0.2) is 5.96 Å². The Hall–Kier alpha value is -1.00. The second-order valence-electron chi connectivity index (χ2n) is 7.96. The van der Waals surface area contributed by atoms with Gasteiger partial charge in [-0.05, 0) is 38.4 Å². The van der Waals surface area contributed by atoms with Gasteiger partial charge in [-0.25, -0.2) is 8.78 Å². The van der Waals surface area contributed by atoms with Crippen molar-refractivity contribution in [1.82, 2.24) is 20.0 Å². The van der Waals surface area contributed by atoms with Crippen LogP contribution in [0.1, 0.15) is 31.4 Å². The molecule has 5 nitrogen and oxygen atoms in total. The van der Waals surface area contributed by atoms with Gasteiger partial charge < -0.3 is 15.1 Å². The van der Waals surface area contributed by atoms with Crippen LogP contribution in [0.3, 0.4) is 0 Å². The maximum absolute atomic E-state index is 14.3. The largest absolute Gasteiger partial charge is 0.356 e. The van der Waals surface area contributed by atoms with Gasteiger partial charge in [-0.2, -0.15) is 0 Å². The van der Waals surface area contributed by atoms with Gasteiger partial charge in [0.25, 0.3) is 0 Å². The second kappa shape index (κ2) is 11.4. The highest BCUT2D eigenvalue weighted by molar-refractivity contribution is 14.0. The fourth-order valence-electron chi connectivity index (χ4n) is 4.45. The van der Waals surface area contributed by atoms with Crippen molar-refractivity contribution in [2.24, 2.45) is 10.9 Å². The SMILES string of the molecule is CCC(c1ccc(F)cc1F)N1CCN(C(=NC)NCC2CCN(C)C2)CC1.I. The molecule has 1 N–H and O–H groups in total. The van der Waals surface area contributed by atoms with Gasteiger partial charge in [0, 0.05) is 64.0 Å². The molecular weight excluding hydrogens is 487 g/mol. The molecule has 2 fully saturated rings. The number of benzene rings is 1. The quantitative estimate of drug-likeness (QED) is 0.367. The molecule has 1 aromatic carbocycles. The first kappa shape index (κ1) is 24.3. The Kier molecular flexibility index (Phi) is 9.55. The predicted molar refractivity (Wildman–Crippen MR) is 125 cm³/mol. The minimum Gasteiger partial charge on any atom is -0.356 e. The molecule has 2 saturated heterocycles. The summed E-state index contributed by atoms with van der Waals surface area (Å²) in [6.45, 7) is 8.69. The van der Waals surface area contributed by atoms with Crippen molar-refractivity contribution in [3.05, 3.63) is 35.4 Å². The standard InChI is InChI=1S/C21H33F2N5.HI/c1-4-20(18-6-5-17(22)13-19(18)23)27-9-11-28(12-10-27)21(24-2)25-14-16-7-8-26(3)15-16;/h5-6,13,16,20H,4,7-12,14-15H2,1-3H3,(H,24,25);1H. The molecule has 0 bridgehead atoms. The van der Waals surface area contributed by atoms with Crippen LogP contribution in [0.2, 0.25) is 0 Å². The molecule has 2 heterocycles. The Morgan fingerprint density at radius 3 is 2.48 bits per heavy atom. The normalized spacial score (nSPS) is 22.4. The van der Waals surface area contributed by atoms with E-state index in [2.05, 4.69) is 39.0 Å². The van der Waals surface area contributed by atoms with Gasteiger partial charge in [-0.15, -0.1) is 24.0 Å². The number of likely N-dealkylation sites (tertiary alicyclic amines) is 1. The number of hydrogen-bond acceptors (Lipinski definition) is 3. The van der Waals surface area contributed by atoms with Crippen molar-refractivity contribution in [1.29, 1.82) is 0 Å². The van der Waals surface area contributed by atoms with Crippen LogP contribution < -0.4 is 5.32 Å². The van der Waals surface area contributed by atoms with E-state index in [0.29, 0.717) is 11.5 Å². The number of piperazine rings is 1. The van der Waals surface area contributed by atoms with Crippen LogP contribution in [-0.2, 0) is 0 Å². The smallest absolute Gasteiger partial charge is 0.193 e. The third-order valence-electron chi connectivity index (χ3n) is 6.01. The van der Waals surface area contributed by atoms with Crippen LogP contribution in [0.4, 0.5) is 8.78 Å². The van der Waals surface area contributed by atoms with Crippen molar-refractivity contribution < 1.29 is 8.78 Å². The molecule has 2 atom stereocenters. The molecule has 164 valence electrons. The van der Waals surface area contributed by atoms with E-state index in [4.69, 9.17) is 0 Å². The Bertz CT molecular complexity index is 679. The zero-order valence-electron chi connectivity index (χ0n) is 17.7. The average Bonchev–Trinajstić information content (AvgIpc) is 3.11. The first-order valence-corrected chi connectivity index (χ1v) is 10.3. The highest BCUT2D eigenvalue weighted by atomic mass is 127. The lowest BCUT2D eigenvalue weighted by molar-refractivity contribution is 0.124. The third kappa shape index (κ3) is 6.24. The van der Waals surface area contributed by atoms with Gasteiger partial charge in [0.05, 0.1) is 0 Å².